The van der Waals surface area contributed by atoms with Crippen molar-refractivity contribution in [3.63, 3.8) is 0 Å². The number of carbonyl (C=O) groups is 2. The fourth-order valence-electron chi connectivity index (χ4n) is 4.16. The fraction of sp³-hybridized carbons (Fsp3) is 0.286. The van der Waals surface area contributed by atoms with E-state index in [-0.39, 0.29) is 17.3 Å². The highest BCUT2D eigenvalue weighted by atomic mass is 35.5. The predicted molar refractivity (Wildman–Crippen MR) is 147 cm³/mol. The molecule has 3 aromatic rings. The molecule has 0 saturated heterocycles. The van der Waals surface area contributed by atoms with E-state index < -0.39 is 28.5 Å². The van der Waals surface area contributed by atoms with E-state index in [1.165, 1.54) is 24.1 Å². The summed E-state index contributed by atoms with van der Waals surface area (Å²) in [6.07, 6.45) is 0.360. The van der Waals surface area contributed by atoms with Gasteiger partial charge in [0.1, 0.15) is 12.6 Å². The van der Waals surface area contributed by atoms with Crippen molar-refractivity contribution >= 4 is 39.1 Å². The van der Waals surface area contributed by atoms with E-state index in [0.29, 0.717) is 22.7 Å². The second-order valence-corrected chi connectivity index (χ2v) is 11.0. The standard InChI is InChI=1S/C28H32ClN3O4S/c1-5-25(28(34)30-4)31(18-22-13-10-9-12-20(22)2)27(33)19-32(26-17-11-16-24(29)21(26)3)37(35,36)23-14-7-6-8-15-23/h6-17,25H,5,18-19H2,1-4H3,(H,30,34)/t25-/m1/s1. The van der Waals surface area contributed by atoms with Crippen LogP contribution in [0.5, 0.6) is 0 Å². The number of amides is 2. The molecule has 196 valence electrons. The lowest BCUT2D eigenvalue weighted by Gasteiger charge is -2.33. The van der Waals surface area contributed by atoms with Crippen LogP contribution in [0.3, 0.4) is 0 Å². The maximum absolute atomic E-state index is 13.9. The smallest absolute Gasteiger partial charge is 0.264 e. The molecule has 0 bridgehead atoms. The van der Waals surface area contributed by atoms with Gasteiger partial charge in [0.25, 0.3) is 10.0 Å². The first-order chi connectivity index (χ1) is 17.6. The van der Waals surface area contributed by atoms with Crippen LogP contribution >= 0.6 is 11.6 Å². The normalized spacial score (nSPS) is 12.0. The third-order valence-electron chi connectivity index (χ3n) is 6.35. The summed E-state index contributed by atoms with van der Waals surface area (Å²) in [4.78, 5) is 28.2. The lowest BCUT2D eigenvalue weighted by atomic mass is 10.1. The van der Waals surface area contributed by atoms with Crippen molar-refractivity contribution in [2.75, 3.05) is 17.9 Å². The van der Waals surface area contributed by atoms with Crippen LogP contribution in [0.1, 0.15) is 30.0 Å². The van der Waals surface area contributed by atoms with Crippen molar-refractivity contribution in [2.24, 2.45) is 0 Å². The molecule has 0 unspecified atom stereocenters. The number of nitrogens with one attached hydrogen (secondary N) is 1. The monoisotopic (exact) mass is 541 g/mol. The Morgan fingerprint density at radius 2 is 1.59 bits per heavy atom. The van der Waals surface area contributed by atoms with Crippen molar-refractivity contribution in [2.45, 2.75) is 44.7 Å². The quantitative estimate of drug-likeness (QED) is 0.403. The van der Waals surface area contributed by atoms with E-state index in [1.807, 2.05) is 38.1 Å². The molecule has 0 heterocycles. The van der Waals surface area contributed by atoms with Crippen LogP contribution in [0.4, 0.5) is 5.69 Å². The molecule has 0 spiro atoms. The topological polar surface area (TPSA) is 86.8 Å². The highest BCUT2D eigenvalue weighted by molar-refractivity contribution is 7.92. The minimum Gasteiger partial charge on any atom is -0.357 e. The SMILES string of the molecule is CC[C@H](C(=O)NC)N(Cc1ccccc1C)C(=O)CN(c1cccc(Cl)c1C)S(=O)(=O)c1ccccc1. The molecular weight excluding hydrogens is 510 g/mol. The summed E-state index contributed by atoms with van der Waals surface area (Å²) in [6.45, 7) is 5.11. The number of halogens is 1. The van der Waals surface area contributed by atoms with Crippen molar-refractivity contribution in [3.05, 3.63) is 94.5 Å². The maximum atomic E-state index is 13.9. The van der Waals surface area contributed by atoms with Crippen molar-refractivity contribution in [3.8, 4) is 0 Å². The number of sulfonamides is 1. The molecule has 7 nitrogen and oxygen atoms in total. The fourth-order valence-corrected chi connectivity index (χ4v) is 5.82. The lowest BCUT2D eigenvalue weighted by molar-refractivity contribution is -0.140. The number of rotatable bonds is 10. The molecule has 0 fully saturated rings. The summed E-state index contributed by atoms with van der Waals surface area (Å²) in [5.74, 6) is -0.821. The van der Waals surface area contributed by atoms with Crippen LogP contribution in [0.15, 0.2) is 77.7 Å². The van der Waals surface area contributed by atoms with Crippen molar-refractivity contribution < 1.29 is 18.0 Å². The average Bonchev–Trinajstić information content (AvgIpc) is 2.90. The molecule has 37 heavy (non-hydrogen) atoms. The van der Waals surface area contributed by atoms with Crippen LogP contribution in [-0.2, 0) is 26.2 Å². The van der Waals surface area contributed by atoms with Gasteiger partial charge in [-0.1, -0.05) is 67.1 Å². The van der Waals surface area contributed by atoms with E-state index in [1.54, 1.807) is 43.3 Å². The first kappa shape index (κ1) is 28.2. The number of likely N-dealkylation sites (N-methyl/N-ethyl adjacent to an activating group) is 1. The van der Waals surface area contributed by atoms with Crippen LogP contribution in [0.2, 0.25) is 5.02 Å². The van der Waals surface area contributed by atoms with E-state index in [0.717, 1.165) is 15.4 Å². The van der Waals surface area contributed by atoms with Crippen molar-refractivity contribution in [1.29, 1.82) is 0 Å². The van der Waals surface area contributed by atoms with Gasteiger partial charge in [0.2, 0.25) is 11.8 Å². The zero-order valence-corrected chi connectivity index (χ0v) is 23.0. The Morgan fingerprint density at radius 1 is 0.946 bits per heavy atom. The van der Waals surface area contributed by atoms with E-state index in [4.69, 9.17) is 11.6 Å². The van der Waals surface area contributed by atoms with E-state index in [9.17, 15) is 18.0 Å². The molecule has 2 amide bonds. The first-order valence-electron chi connectivity index (χ1n) is 12.0. The van der Waals surface area contributed by atoms with Crippen LogP contribution < -0.4 is 9.62 Å². The van der Waals surface area contributed by atoms with E-state index >= 15 is 0 Å². The Morgan fingerprint density at radius 3 is 2.22 bits per heavy atom. The molecule has 1 N–H and O–H groups in total. The van der Waals surface area contributed by atoms with Gasteiger partial charge in [0.05, 0.1) is 10.6 Å². The number of aryl methyl sites for hydroxylation is 1. The zero-order valence-electron chi connectivity index (χ0n) is 21.4. The van der Waals surface area contributed by atoms with Crippen molar-refractivity contribution in [1.82, 2.24) is 10.2 Å². The summed E-state index contributed by atoms with van der Waals surface area (Å²) < 4.78 is 28.7. The van der Waals surface area contributed by atoms with Gasteiger partial charge in [0, 0.05) is 18.6 Å². The van der Waals surface area contributed by atoms with Gasteiger partial charge in [0.15, 0.2) is 0 Å². The van der Waals surface area contributed by atoms with Crippen LogP contribution in [0, 0.1) is 13.8 Å². The highest BCUT2D eigenvalue weighted by Crippen LogP contribution is 2.31. The van der Waals surface area contributed by atoms with E-state index in [2.05, 4.69) is 5.32 Å². The second kappa shape index (κ2) is 12.3. The number of anilines is 1. The molecule has 0 saturated carbocycles. The Hall–Kier alpha value is -3.36. The molecule has 0 aliphatic heterocycles. The third-order valence-corrected chi connectivity index (χ3v) is 8.54. The second-order valence-electron chi connectivity index (χ2n) is 8.70. The summed E-state index contributed by atoms with van der Waals surface area (Å²) >= 11 is 6.34. The third kappa shape index (κ3) is 6.32. The Balaban J connectivity index is 2.11. The van der Waals surface area contributed by atoms with Gasteiger partial charge >= 0.3 is 0 Å². The van der Waals surface area contributed by atoms with Gasteiger partial charge in [-0.25, -0.2) is 8.42 Å². The summed E-state index contributed by atoms with van der Waals surface area (Å²) in [7, 11) is -2.62. The number of hydrogen-bond donors (Lipinski definition) is 1. The number of hydrogen-bond acceptors (Lipinski definition) is 4. The molecule has 3 aromatic carbocycles. The molecular formula is C28H32ClN3O4S. The predicted octanol–water partition coefficient (Wildman–Crippen LogP) is 4.71. The minimum absolute atomic E-state index is 0.0472. The van der Waals surface area contributed by atoms with Gasteiger partial charge in [-0.2, -0.15) is 0 Å². The zero-order chi connectivity index (χ0) is 27.2. The van der Waals surface area contributed by atoms with Crippen LogP contribution in [0.25, 0.3) is 0 Å². The lowest BCUT2D eigenvalue weighted by Crippen LogP contribution is -2.52. The first-order valence-corrected chi connectivity index (χ1v) is 13.8. The Labute approximate surface area is 224 Å². The number of nitrogens with zero attached hydrogens (tertiary/aromatic N) is 2. The largest absolute Gasteiger partial charge is 0.357 e. The summed E-state index contributed by atoms with van der Waals surface area (Å²) in [5.41, 5.74) is 2.66. The maximum Gasteiger partial charge on any atom is 0.264 e. The molecule has 0 aliphatic carbocycles. The van der Waals surface area contributed by atoms with Gasteiger partial charge < -0.3 is 10.2 Å². The average molecular weight is 542 g/mol. The number of benzene rings is 3. The molecule has 1 atom stereocenters. The minimum atomic E-state index is -4.13. The number of carbonyl (C=O) groups excluding carboxylic acids is 2. The summed E-state index contributed by atoms with van der Waals surface area (Å²) in [5, 5.41) is 3.01. The molecule has 3 rings (SSSR count). The molecule has 9 heteroatoms. The van der Waals surface area contributed by atoms with Gasteiger partial charge in [-0.05, 0) is 61.2 Å². The van der Waals surface area contributed by atoms with Crippen LogP contribution in [-0.4, -0.2) is 44.8 Å². The highest BCUT2D eigenvalue weighted by Gasteiger charge is 2.34. The Bertz CT molecular complexity index is 1360. The molecule has 0 aliphatic rings. The summed E-state index contributed by atoms with van der Waals surface area (Å²) in [6, 6.07) is 19.7. The molecule has 0 radical (unpaired) electrons. The van der Waals surface area contributed by atoms with Gasteiger partial charge in [-0.3, -0.25) is 13.9 Å². The van der Waals surface area contributed by atoms with Gasteiger partial charge in [-0.15, -0.1) is 0 Å². The molecule has 0 aromatic heterocycles. The Kier molecular flexibility index (Phi) is 9.34.